The van der Waals surface area contributed by atoms with Gasteiger partial charge in [-0.15, -0.1) is 0 Å². The highest BCUT2D eigenvalue weighted by Crippen LogP contribution is 2.41. The molecule has 10 N–H and O–H groups in total. The van der Waals surface area contributed by atoms with Gasteiger partial charge in [0.1, 0.15) is 55.4 Å². The third kappa shape index (κ3) is 11.2. The molecule has 0 saturated carbocycles. The number of benzene rings is 3. The largest absolute Gasteiger partial charge is 0.492 e. The molecule has 4 atom stereocenters. The molecule has 1 aliphatic heterocycles. The number of carbonyl (C=O) groups is 5. The van der Waals surface area contributed by atoms with Crippen LogP contribution in [0, 0.1) is 25.2 Å². The molecule has 67 heavy (non-hydrogen) atoms. The molecule has 5 amide bonds. The lowest BCUT2D eigenvalue weighted by Crippen LogP contribution is -2.56. The Morgan fingerprint density at radius 2 is 1.57 bits per heavy atom. The molecule has 0 saturated heterocycles. The summed E-state index contributed by atoms with van der Waals surface area (Å²) >= 11 is 0. The number of aromatic nitrogens is 2. The highest BCUT2D eigenvalue weighted by atomic mass is 16.5. The summed E-state index contributed by atoms with van der Waals surface area (Å²) in [4.78, 5) is 81.4. The Morgan fingerprint density at radius 1 is 0.910 bits per heavy atom. The first kappa shape index (κ1) is 49.5. The molecule has 18 nitrogen and oxygen atoms in total. The second-order valence-corrected chi connectivity index (χ2v) is 17.5. The normalized spacial score (nSPS) is 17.9. The van der Waals surface area contributed by atoms with E-state index in [2.05, 4.69) is 47.2 Å². The summed E-state index contributed by atoms with van der Waals surface area (Å²) in [6, 6.07) is 13.3. The van der Waals surface area contributed by atoms with Gasteiger partial charge in [-0.1, -0.05) is 38.1 Å². The molecule has 0 radical (unpaired) electrons. The van der Waals surface area contributed by atoms with E-state index in [1.165, 1.54) is 30.0 Å². The average Bonchev–Trinajstić information content (AvgIpc) is 3.61. The summed E-state index contributed by atoms with van der Waals surface area (Å²) in [6.45, 7) is 9.72. The van der Waals surface area contributed by atoms with E-state index in [-0.39, 0.29) is 63.2 Å². The first-order valence-corrected chi connectivity index (χ1v) is 22.5. The molecule has 0 spiro atoms. The molecule has 18 heteroatoms. The van der Waals surface area contributed by atoms with Crippen molar-refractivity contribution >= 4 is 29.5 Å². The van der Waals surface area contributed by atoms with E-state index < -0.39 is 53.7 Å². The lowest BCUT2D eigenvalue weighted by atomic mass is 9.86. The second kappa shape index (κ2) is 21.6. The zero-order valence-corrected chi connectivity index (χ0v) is 39.0. The highest BCUT2D eigenvalue weighted by Gasteiger charge is 2.37. The van der Waals surface area contributed by atoms with Crippen molar-refractivity contribution in [3.8, 4) is 40.1 Å². The predicted molar refractivity (Wildman–Crippen MR) is 252 cm³/mol. The van der Waals surface area contributed by atoms with E-state index in [0.717, 1.165) is 18.4 Å². The van der Waals surface area contributed by atoms with Gasteiger partial charge in [-0.05, 0) is 105 Å². The summed E-state index contributed by atoms with van der Waals surface area (Å²) in [5.41, 5.74) is 24.1. The Hall–Kier alpha value is -6.94. The quantitative estimate of drug-likeness (QED) is 0.0844. The van der Waals surface area contributed by atoms with Crippen LogP contribution in [0.3, 0.4) is 0 Å². The van der Waals surface area contributed by atoms with Crippen molar-refractivity contribution in [3.05, 3.63) is 93.8 Å². The minimum Gasteiger partial charge on any atom is -0.492 e. The van der Waals surface area contributed by atoms with Crippen LogP contribution in [-0.2, 0) is 37.4 Å². The number of hydrogen-bond donors (Lipinski definition) is 7. The van der Waals surface area contributed by atoms with Crippen LogP contribution in [0.4, 0.5) is 0 Å². The van der Waals surface area contributed by atoms with Crippen molar-refractivity contribution in [3.63, 3.8) is 0 Å². The van der Waals surface area contributed by atoms with Crippen LogP contribution in [0.1, 0.15) is 83.7 Å². The van der Waals surface area contributed by atoms with E-state index in [0.29, 0.717) is 51.0 Å². The zero-order chi connectivity index (χ0) is 48.6. The maximum absolute atomic E-state index is 14.8. The second-order valence-electron chi connectivity index (χ2n) is 17.5. The summed E-state index contributed by atoms with van der Waals surface area (Å²) in [5, 5.41) is 20.0. The van der Waals surface area contributed by atoms with Crippen LogP contribution in [0.25, 0.3) is 22.5 Å². The zero-order valence-electron chi connectivity index (χ0n) is 39.0. The van der Waals surface area contributed by atoms with Crippen LogP contribution in [0.15, 0.2) is 54.6 Å². The van der Waals surface area contributed by atoms with Gasteiger partial charge in [0, 0.05) is 43.2 Å². The van der Waals surface area contributed by atoms with Gasteiger partial charge in [-0.2, -0.15) is 5.26 Å². The van der Waals surface area contributed by atoms with Crippen LogP contribution in [-0.4, -0.2) is 109 Å². The molecule has 6 rings (SSSR count). The lowest BCUT2D eigenvalue weighted by molar-refractivity contribution is -0.141. The Kier molecular flexibility index (Phi) is 15.9. The van der Waals surface area contributed by atoms with Gasteiger partial charge >= 0.3 is 0 Å². The van der Waals surface area contributed by atoms with Gasteiger partial charge in [0.2, 0.25) is 23.6 Å². The Labute approximate surface area is 390 Å². The van der Waals surface area contributed by atoms with E-state index >= 15 is 0 Å². The molecular weight excluding hydrogens is 855 g/mol. The van der Waals surface area contributed by atoms with E-state index in [1.54, 1.807) is 50.2 Å². The van der Waals surface area contributed by atoms with Crippen LogP contribution >= 0.6 is 0 Å². The van der Waals surface area contributed by atoms with Crippen molar-refractivity contribution < 1.29 is 33.4 Å². The monoisotopic (exact) mass is 915 g/mol. The maximum Gasteiger partial charge on any atom is 0.255 e. The van der Waals surface area contributed by atoms with Crippen LogP contribution in [0.2, 0.25) is 0 Å². The number of nitrogens with two attached hydrogens (primary N) is 3. The number of hydrogen-bond acceptors (Lipinski definition) is 13. The number of aryl methyl sites for hydroxylation is 3. The number of rotatable bonds is 15. The van der Waals surface area contributed by atoms with E-state index in [1.807, 2.05) is 12.1 Å². The fraction of sp³-hybridized carbons (Fsp3) is 0.429. The SMILES string of the molecule is Cc1nc(-c2ccc3c(c2)CCC3(C)C)nc(C)c1C(=O)N[C@@H](CCN)C(=O)N(C)[C@@H]1C(=O)N[C@@H](C)C(=O)N[C@H](C(=O)NCC#N)Cc2ccc(OCCN)c(c2)-c2cc1ccc2OCCN. The third-order valence-electron chi connectivity index (χ3n) is 12.2. The van der Waals surface area contributed by atoms with Gasteiger partial charge in [-0.3, -0.25) is 24.0 Å². The number of nitrogens with one attached hydrogen (secondary N) is 4. The molecule has 0 fully saturated rings. The fourth-order valence-electron chi connectivity index (χ4n) is 8.72. The highest BCUT2D eigenvalue weighted by molar-refractivity contribution is 6.00. The first-order valence-electron chi connectivity index (χ1n) is 22.5. The van der Waals surface area contributed by atoms with Crippen LogP contribution in [0.5, 0.6) is 11.5 Å². The smallest absolute Gasteiger partial charge is 0.255 e. The number of likely N-dealkylation sites (N-methyl/N-ethyl adjacent to an activating group) is 1. The van der Waals surface area contributed by atoms with Gasteiger partial charge in [0.25, 0.3) is 5.91 Å². The molecule has 1 aromatic heterocycles. The number of amides is 5. The van der Waals surface area contributed by atoms with Gasteiger partial charge in [-0.25, -0.2) is 9.97 Å². The lowest BCUT2D eigenvalue weighted by Gasteiger charge is -2.32. The van der Waals surface area contributed by atoms with Crippen molar-refractivity contribution in [1.82, 2.24) is 36.1 Å². The predicted octanol–water partition coefficient (Wildman–Crippen LogP) is 2.16. The van der Waals surface area contributed by atoms with Gasteiger partial charge < -0.3 is 52.8 Å². The topological polar surface area (TPSA) is 283 Å². The number of nitriles is 1. The van der Waals surface area contributed by atoms with E-state index in [9.17, 15) is 29.2 Å². The summed E-state index contributed by atoms with van der Waals surface area (Å²) in [6.07, 6.45) is 2.01. The van der Waals surface area contributed by atoms with Crippen LogP contribution < -0.4 is 47.9 Å². The van der Waals surface area contributed by atoms with Crippen molar-refractivity contribution in [2.45, 2.75) is 89.9 Å². The Bertz CT molecular complexity index is 2550. The van der Waals surface area contributed by atoms with E-state index in [4.69, 9.17) is 36.6 Å². The molecule has 2 heterocycles. The molecule has 2 aliphatic rings. The molecular formula is C49H61N11O7. The Balaban J connectivity index is 1.38. The van der Waals surface area contributed by atoms with Crippen molar-refractivity contribution in [2.75, 3.05) is 46.4 Å². The molecule has 354 valence electrons. The van der Waals surface area contributed by atoms with Crippen molar-refractivity contribution in [2.24, 2.45) is 17.2 Å². The number of ether oxygens (including phenoxy) is 2. The number of carbonyl (C=O) groups excluding carboxylic acids is 5. The molecule has 4 bridgehead atoms. The average molecular weight is 916 g/mol. The van der Waals surface area contributed by atoms with Gasteiger partial charge in [0.15, 0.2) is 5.82 Å². The minimum absolute atomic E-state index is 0.00317. The first-order chi connectivity index (χ1) is 32.0. The molecule has 4 aromatic rings. The summed E-state index contributed by atoms with van der Waals surface area (Å²) in [5.74, 6) is -2.06. The standard InChI is InChI=1S/C49H61N11O7/c1-27-41(28(2)56-43(55-27)33-8-10-36-31(25-33)13-15-49(36,4)5)46(63)58-37(14-16-50)48(65)60(6)42-32-9-12-40(67-22-19-53)35(26-32)34-23-30(7-11-39(34)66-21-18-52)24-38(45(62)54-20-17-51)59-44(61)29(3)57-47(42)64/h7-12,23,25-26,29,37-38,42H,13-16,18-22,24,50,52-53H2,1-6H3,(H,54,62)(H,57,64)(H,58,63)(H,59,61)/t29-,37-,38-,42-/m0/s1. The summed E-state index contributed by atoms with van der Waals surface area (Å²) < 4.78 is 12.2. The number of nitrogens with zero attached hydrogens (tertiary/aromatic N) is 4. The molecule has 1 aliphatic carbocycles. The molecule has 3 aromatic carbocycles. The third-order valence-corrected chi connectivity index (χ3v) is 12.2. The van der Waals surface area contributed by atoms with Gasteiger partial charge in [0.05, 0.1) is 23.0 Å². The summed E-state index contributed by atoms with van der Waals surface area (Å²) in [7, 11) is 1.42. The van der Waals surface area contributed by atoms with Crippen molar-refractivity contribution in [1.29, 1.82) is 5.26 Å². The fourth-order valence-corrected chi connectivity index (χ4v) is 8.72. The maximum atomic E-state index is 14.8. The Morgan fingerprint density at radius 3 is 2.21 bits per heavy atom. The number of fused-ring (bicyclic) bond motifs is 6. The molecule has 0 unspecified atom stereocenters. The minimum atomic E-state index is -1.40.